The highest BCUT2D eigenvalue weighted by Gasteiger charge is 2.05. The molecule has 2 rings (SSSR count). The maximum Gasteiger partial charge on any atom is 0.251 e. The normalized spacial score (nSPS) is 10.4. The van der Waals surface area contributed by atoms with Gasteiger partial charge in [-0.25, -0.2) is 0 Å². The highest BCUT2D eigenvalue weighted by atomic mass is 16.3. The van der Waals surface area contributed by atoms with Gasteiger partial charge < -0.3 is 15.7 Å². The van der Waals surface area contributed by atoms with Crippen LogP contribution in [-0.2, 0) is 13.6 Å². The van der Waals surface area contributed by atoms with E-state index in [1.165, 1.54) is 0 Å². The average molecular weight is 288 g/mol. The lowest BCUT2D eigenvalue weighted by Crippen LogP contribution is -2.26. The Balaban J connectivity index is 1.93. The predicted molar refractivity (Wildman–Crippen MR) is 81.1 cm³/mol. The summed E-state index contributed by atoms with van der Waals surface area (Å²) in [5.74, 6) is -0.182. The summed E-state index contributed by atoms with van der Waals surface area (Å²) in [6.45, 7) is 2.87. The number of carbonyl (C=O) groups is 1. The van der Waals surface area contributed by atoms with E-state index in [1.54, 1.807) is 16.8 Å². The Morgan fingerprint density at radius 2 is 2.05 bits per heavy atom. The van der Waals surface area contributed by atoms with Gasteiger partial charge in [-0.2, -0.15) is 5.10 Å². The fourth-order valence-corrected chi connectivity index (χ4v) is 2.03. The summed E-state index contributed by atoms with van der Waals surface area (Å²) >= 11 is 0. The molecule has 2 aromatic rings. The first kappa shape index (κ1) is 15.1. The van der Waals surface area contributed by atoms with Crippen molar-refractivity contribution < 1.29 is 9.90 Å². The molecular weight excluding hydrogens is 268 g/mol. The molecule has 1 amide bonds. The number of rotatable bonds is 6. The average Bonchev–Trinajstić information content (AvgIpc) is 2.81. The molecule has 112 valence electrons. The monoisotopic (exact) mass is 288 g/mol. The molecule has 1 heterocycles. The topological polar surface area (TPSA) is 79.2 Å². The van der Waals surface area contributed by atoms with Crippen LogP contribution in [0, 0.1) is 6.92 Å². The number of aliphatic hydroxyl groups excluding tert-OH is 1. The van der Waals surface area contributed by atoms with Crippen LogP contribution in [0.1, 0.15) is 21.6 Å². The van der Waals surface area contributed by atoms with Crippen LogP contribution in [0.15, 0.2) is 30.5 Å². The first-order valence-corrected chi connectivity index (χ1v) is 6.82. The van der Waals surface area contributed by atoms with Gasteiger partial charge in [-0.1, -0.05) is 0 Å². The summed E-state index contributed by atoms with van der Waals surface area (Å²) in [6, 6.07) is 7.23. The van der Waals surface area contributed by atoms with Gasteiger partial charge in [-0.15, -0.1) is 0 Å². The molecular formula is C15H20N4O2. The predicted octanol–water partition coefficient (Wildman–Crippen LogP) is 1.06. The van der Waals surface area contributed by atoms with Crippen LogP contribution >= 0.6 is 0 Å². The Morgan fingerprint density at radius 3 is 2.62 bits per heavy atom. The van der Waals surface area contributed by atoms with E-state index in [9.17, 15) is 4.79 Å². The molecule has 6 heteroatoms. The SMILES string of the molecule is Cc1nn(C)cc1CNc1ccc(C(=O)NCCO)cc1. The number of aliphatic hydroxyl groups is 1. The lowest BCUT2D eigenvalue weighted by Gasteiger charge is -2.07. The van der Waals surface area contributed by atoms with Crippen LogP contribution in [0.2, 0.25) is 0 Å². The van der Waals surface area contributed by atoms with E-state index in [4.69, 9.17) is 5.11 Å². The summed E-state index contributed by atoms with van der Waals surface area (Å²) in [7, 11) is 1.90. The molecule has 0 radical (unpaired) electrons. The van der Waals surface area contributed by atoms with Gasteiger partial charge in [0.25, 0.3) is 5.91 Å². The summed E-state index contributed by atoms with van der Waals surface area (Å²) in [4.78, 5) is 11.7. The Kier molecular flexibility index (Phi) is 4.94. The van der Waals surface area contributed by atoms with E-state index >= 15 is 0 Å². The molecule has 0 spiro atoms. The van der Waals surface area contributed by atoms with Crippen LogP contribution in [0.4, 0.5) is 5.69 Å². The second kappa shape index (κ2) is 6.90. The number of aromatic nitrogens is 2. The van der Waals surface area contributed by atoms with E-state index in [0.717, 1.165) is 16.9 Å². The maximum atomic E-state index is 11.7. The number of hydrogen-bond donors (Lipinski definition) is 3. The molecule has 3 N–H and O–H groups in total. The van der Waals surface area contributed by atoms with Crippen LogP contribution < -0.4 is 10.6 Å². The van der Waals surface area contributed by atoms with Crippen LogP contribution in [0.3, 0.4) is 0 Å². The van der Waals surface area contributed by atoms with Gasteiger partial charge in [0.05, 0.1) is 12.3 Å². The molecule has 0 aliphatic rings. The van der Waals surface area contributed by atoms with Crippen molar-refractivity contribution in [1.29, 1.82) is 0 Å². The highest BCUT2D eigenvalue weighted by Crippen LogP contribution is 2.12. The number of hydrogen-bond acceptors (Lipinski definition) is 4. The molecule has 1 aromatic heterocycles. The van der Waals surface area contributed by atoms with Gasteiger partial charge in [0, 0.05) is 43.1 Å². The Morgan fingerprint density at radius 1 is 1.33 bits per heavy atom. The third-order valence-corrected chi connectivity index (χ3v) is 3.14. The third kappa shape index (κ3) is 4.06. The second-order valence-electron chi connectivity index (χ2n) is 4.82. The second-order valence-corrected chi connectivity index (χ2v) is 4.82. The molecule has 6 nitrogen and oxygen atoms in total. The quantitative estimate of drug-likeness (QED) is 0.742. The van der Waals surface area contributed by atoms with Gasteiger partial charge in [-0.3, -0.25) is 9.48 Å². The van der Waals surface area contributed by atoms with Crippen LogP contribution in [-0.4, -0.2) is 33.9 Å². The Bertz CT molecular complexity index is 605. The van der Waals surface area contributed by atoms with Crippen molar-refractivity contribution in [3.63, 3.8) is 0 Å². The highest BCUT2D eigenvalue weighted by molar-refractivity contribution is 5.94. The number of aryl methyl sites for hydroxylation is 2. The number of amides is 1. The smallest absolute Gasteiger partial charge is 0.251 e. The number of anilines is 1. The van der Waals surface area contributed by atoms with Gasteiger partial charge in [-0.05, 0) is 31.2 Å². The van der Waals surface area contributed by atoms with Crippen LogP contribution in [0.25, 0.3) is 0 Å². The first-order chi connectivity index (χ1) is 10.1. The third-order valence-electron chi connectivity index (χ3n) is 3.14. The van der Waals surface area contributed by atoms with Gasteiger partial charge >= 0.3 is 0 Å². The van der Waals surface area contributed by atoms with Crippen molar-refractivity contribution in [2.24, 2.45) is 7.05 Å². The van der Waals surface area contributed by atoms with E-state index in [1.807, 2.05) is 32.3 Å². The zero-order valence-electron chi connectivity index (χ0n) is 12.3. The van der Waals surface area contributed by atoms with Gasteiger partial charge in [0.1, 0.15) is 0 Å². The lowest BCUT2D eigenvalue weighted by molar-refractivity contribution is 0.0945. The number of nitrogens with one attached hydrogen (secondary N) is 2. The molecule has 0 atom stereocenters. The summed E-state index contributed by atoms with van der Waals surface area (Å²) in [5.41, 5.74) is 3.66. The molecule has 0 unspecified atom stereocenters. The van der Waals surface area contributed by atoms with Gasteiger partial charge in [0.2, 0.25) is 0 Å². The zero-order chi connectivity index (χ0) is 15.2. The lowest BCUT2D eigenvalue weighted by atomic mass is 10.2. The largest absolute Gasteiger partial charge is 0.395 e. The fraction of sp³-hybridized carbons (Fsp3) is 0.333. The van der Waals surface area contributed by atoms with Crippen molar-refractivity contribution in [3.8, 4) is 0 Å². The molecule has 21 heavy (non-hydrogen) atoms. The molecule has 0 saturated heterocycles. The van der Waals surface area contributed by atoms with Crippen molar-refractivity contribution in [2.45, 2.75) is 13.5 Å². The van der Waals surface area contributed by atoms with E-state index < -0.39 is 0 Å². The minimum Gasteiger partial charge on any atom is -0.395 e. The Hall–Kier alpha value is -2.34. The molecule has 0 fully saturated rings. The first-order valence-electron chi connectivity index (χ1n) is 6.82. The standard InChI is InChI=1S/C15H20N4O2/c1-11-13(10-19(2)18-11)9-17-14-5-3-12(4-6-14)15(21)16-7-8-20/h3-6,10,17,20H,7-9H2,1-2H3,(H,16,21). The zero-order valence-corrected chi connectivity index (χ0v) is 12.3. The van der Waals surface area contributed by atoms with Crippen molar-refractivity contribution >= 4 is 11.6 Å². The molecule has 0 aliphatic heterocycles. The summed E-state index contributed by atoms with van der Waals surface area (Å²) in [6.07, 6.45) is 1.99. The van der Waals surface area contributed by atoms with Crippen molar-refractivity contribution in [3.05, 3.63) is 47.3 Å². The minimum absolute atomic E-state index is 0.0597. The molecule has 0 aliphatic carbocycles. The Labute approximate surface area is 123 Å². The van der Waals surface area contributed by atoms with E-state index in [-0.39, 0.29) is 19.1 Å². The summed E-state index contributed by atoms with van der Waals surface area (Å²) < 4.78 is 1.79. The van der Waals surface area contributed by atoms with Crippen LogP contribution in [0.5, 0.6) is 0 Å². The molecule has 0 saturated carbocycles. The number of carbonyl (C=O) groups excluding carboxylic acids is 1. The fourth-order valence-electron chi connectivity index (χ4n) is 2.03. The molecule has 1 aromatic carbocycles. The maximum absolute atomic E-state index is 11.7. The minimum atomic E-state index is -0.182. The van der Waals surface area contributed by atoms with Crippen molar-refractivity contribution in [2.75, 3.05) is 18.5 Å². The van der Waals surface area contributed by atoms with Gasteiger partial charge in [0.15, 0.2) is 0 Å². The summed E-state index contributed by atoms with van der Waals surface area (Å²) in [5, 5.41) is 18.9. The van der Waals surface area contributed by atoms with E-state index in [0.29, 0.717) is 12.1 Å². The number of benzene rings is 1. The molecule has 0 bridgehead atoms. The van der Waals surface area contributed by atoms with Crippen molar-refractivity contribution in [1.82, 2.24) is 15.1 Å². The van der Waals surface area contributed by atoms with E-state index in [2.05, 4.69) is 15.7 Å². The number of nitrogens with zero attached hydrogens (tertiary/aromatic N) is 2.